The average Bonchev–Trinajstić information content (AvgIpc) is 3.06. The van der Waals surface area contributed by atoms with Crippen LogP contribution in [0.1, 0.15) is 162 Å². The number of rotatable bonds is 36. The fourth-order valence-electron chi connectivity index (χ4n) is 5.28. The zero-order chi connectivity index (χ0) is 37.1. The van der Waals surface area contributed by atoms with Gasteiger partial charge in [0.1, 0.15) is 13.2 Å². The van der Waals surface area contributed by atoms with Gasteiger partial charge in [0.25, 0.3) is 0 Å². The molecule has 0 spiro atoms. The normalized spacial score (nSPS) is 13.2. The molecule has 0 heterocycles. The first-order chi connectivity index (χ1) is 24.1. The zero-order valence-electron chi connectivity index (χ0n) is 32.8. The maximum absolute atomic E-state index is 12.7. The van der Waals surface area contributed by atoms with E-state index in [1.54, 1.807) is 0 Å². The van der Waals surface area contributed by atoms with Crippen LogP contribution in [0.25, 0.3) is 0 Å². The van der Waals surface area contributed by atoms with Gasteiger partial charge in [-0.15, -0.1) is 0 Å². The van der Waals surface area contributed by atoms with Crippen molar-refractivity contribution in [1.82, 2.24) is 0 Å². The molecule has 0 amide bonds. The van der Waals surface area contributed by atoms with Gasteiger partial charge in [0.2, 0.25) is 0 Å². The second-order valence-electron chi connectivity index (χ2n) is 14.6. The molecule has 0 fully saturated rings. The summed E-state index contributed by atoms with van der Waals surface area (Å²) in [7, 11) is 5.89. The summed E-state index contributed by atoms with van der Waals surface area (Å²) >= 11 is 0. The number of quaternary nitrogens is 1. The molecule has 9 heteroatoms. The summed E-state index contributed by atoms with van der Waals surface area (Å²) < 4.78 is 22.4. The average molecular weight is 710 g/mol. The van der Waals surface area contributed by atoms with Crippen LogP contribution in [0.2, 0.25) is 0 Å². The number of carbonyl (C=O) groups is 3. The monoisotopic (exact) mass is 710 g/mol. The molecule has 50 heavy (non-hydrogen) atoms. The highest BCUT2D eigenvalue weighted by Gasteiger charge is 2.21. The number of hydrogen-bond acceptors (Lipinski definition) is 8. The molecular formula is C41H75NO8. The molecular weight excluding hydrogens is 634 g/mol. The third-order valence-corrected chi connectivity index (χ3v) is 8.43. The Labute approximate surface area is 306 Å². The highest BCUT2D eigenvalue weighted by atomic mass is 16.7. The molecule has 0 saturated heterocycles. The summed E-state index contributed by atoms with van der Waals surface area (Å²) in [6.07, 6.45) is 30.6. The van der Waals surface area contributed by atoms with Gasteiger partial charge in [-0.3, -0.25) is 9.59 Å². The van der Waals surface area contributed by atoms with E-state index in [0.29, 0.717) is 23.9 Å². The minimum Gasteiger partial charge on any atom is -0.545 e. The maximum Gasteiger partial charge on any atom is 0.306 e. The number of carboxylic acids is 1. The van der Waals surface area contributed by atoms with Crippen molar-refractivity contribution in [2.75, 3.05) is 47.5 Å². The van der Waals surface area contributed by atoms with Crippen LogP contribution in [-0.2, 0) is 33.3 Å². The number of unbranched alkanes of at least 4 members (excludes halogenated alkanes) is 17. The first kappa shape index (κ1) is 47.8. The fourth-order valence-corrected chi connectivity index (χ4v) is 5.28. The maximum atomic E-state index is 12.7. The van der Waals surface area contributed by atoms with Crippen LogP contribution >= 0.6 is 0 Å². The first-order valence-electron chi connectivity index (χ1n) is 20.0. The number of carbonyl (C=O) groups excluding carboxylic acids is 3. The number of hydrogen-bond donors (Lipinski definition) is 0. The SMILES string of the molecule is CCC/C=C\C/C=C\CCCCCCCC(=O)OC(COC(=O)CCCCCCCCCCCCCC)COC(OCC[N+](C)(C)C)C(=O)[O-]. The predicted molar refractivity (Wildman–Crippen MR) is 200 cm³/mol. The number of aliphatic carboxylic acids is 1. The van der Waals surface area contributed by atoms with Crippen molar-refractivity contribution >= 4 is 17.9 Å². The summed E-state index contributed by atoms with van der Waals surface area (Å²) in [5.41, 5.74) is 0. The van der Waals surface area contributed by atoms with Gasteiger partial charge in [0, 0.05) is 12.8 Å². The lowest BCUT2D eigenvalue weighted by atomic mass is 10.0. The van der Waals surface area contributed by atoms with Gasteiger partial charge in [0.05, 0.1) is 40.3 Å². The number of nitrogens with zero attached hydrogens (tertiary/aromatic N) is 1. The molecule has 0 rings (SSSR count). The molecule has 2 atom stereocenters. The molecule has 0 aromatic rings. The predicted octanol–water partition coefficient (Wildman–Crippen LogP) is 8.38. The molecule has 0 N–H and O–H groups in total. The van der Waals surface area contributed by atoms with Gasteiger partial charge in [0.15, 0.2) is 12.4 Å². The molecule has 0 aliphatic rings. The third kappa shape index (κ3) is 34.2. The molecule has 0 radical (unpaired) electrons. The zero-order valence-corrected chi connectivity index (χ0v) is 32.8. The van der Waals surface area contributed by atoms with E-state index in [-0.39, 0.29) is 32.2 Å². The standard InChI is InChI=1S/C41H75NO8/c1-6-8-10-12-14-16-18-20-22-24-26-28-30-32-39(44)50-37(36-49-41(40(45)46)47-34-33-42(3,4)5)35-48-38(43)31-29-27-25-23-21-19-17-15-13-11-9-7-2/h10,12,16,18,37,41H,6-9,11,13-15,17,19-36H2,1-5H3/b12-10-,18-16-. The second kappa shape index (κ2) is 33.9. The number of carboxylic acid groups (broad SMARTS) is 1. The molecule has 0 aliphatic heterocycles. The van der Waals surface area contributed by atoms with Gasteiger partial charge >= 0.3 is 11.9 Å². The van der Waals surface area contributed by atoms with Gasteiger partial charge in [-0.2, -0.15) is 0 Å². The van der Waals surface area contributed by atoms with E-state index in [0.717, 1.165) is 64.2 Å². The Bertz CT molecular complexity index is 882. The third-order valence-electron chi connectivity index (χ3n) is 8.43. The van der Waals surface area contributed by atoms with Gasteiger partial charge < -0.3 is 33.3 Å². The first-order valence-corrected chi connectivity index (χ1v) is 20.0. The van der Waals surface area contributed by atoms with E-state index in [1.807, 2.05) is 21.1 Å². The number of esters is 2. The van der Waals surface area contributed by atoms with Crippen molar-refractivity contribution in [3.8, 4) is 0 Å². The van der Waals surface area contributed by atoms with Crippen molar-refractivity contribution < 1.29 is 42.9 Å². The van der Waals surface area contributed by atoms with Crippen LogP contribution in [0.15, 0.2) is 24.3 Å². The van der Waals surface area contributed by atoms with Gasteiger partial charge in [-0.25, -0.2) is 0 Å². The quantitative estimate of drug-likeness (QED) is 0.0210. The van der Waals surface area contributed by atoms with E-state index in [4.69, 9.17) is 18.9 Å². The Morgan fingerprint density at radius 3 is 1.66 bits per heavy atom. The number of ether oxygens (including phenoxy) is 4. The summed E-state index contributed by atoms with van der Waals surface area (Å²) in [6, 6.07) is 0. The minimum absolute atomic E-state index is 0.146. The summed E-state index contributed by atoms with van der Waals surface area (Å²) in [5, 5.41) is 11.6. The molecule has 0 aromatic carbocycles. The van der Waals surface area contributed by atoms with Crippen LogP contribution in [0.5, 0.6) is 0 Å². The Kier molecular flexibility index (Phi) is 32.4. The van der Waals surface area contributed by atoms with Gasteiger partial charge in [-0.05, 0) is 38.5 Å². The van der Waals surface area contributed by atoms with Crippen molar-refractivity contribution in [2.45, 2.75) is 174 Å². The highest BCUT2D eigenvalue weighted by Crippen LogP contribution is 2.14. The lowest BCUT2D eigenvalue weighted by Crippen LogP contribution is -2.44. The smallest absolute Gasteiger partial charge is 0.306 e. The Hall–Kier alpha value is -2.23. The van der Waals surface area contributed by atoms with Crippen LogP contribution in [0.4, 0.5) is 0 Å². The molecule has 292 valence electrons. The van der Waals surface area contributed by atoms with E-state index in [1.165, 1.54) is 64.2 Å². The highest BCUT2D eigenvalue weighted by molar-refractivity contribution is 5.70. The Morgan fingerprint density at radius 2 is 1.12 bits per heavy atom. The molecule has 0 aromatic heterocycles. The topological polar surface area (TPSA) is 111 Å². The molecule has 2 unspecified atom stereocenters. The summed E-state index contributed by atoms with van der Waals surface area (Å²) in [4.78, 5) is 36.8. The largest absolute Gasteiger partial charge is 0.545 e. The number of likely N-dealkylation sites (N-methyl/N-ethyl adjacent to an activating group) is 1. The fraction of sp³-hybridized carbons (Fsp3) is 0.829. The van der Waals surface area contributed by atoms with Crippen molar-refractivity contribution in [3.05, 3.63) is 24.3 Å². The minimum atomic E-state index is -1.62. The Balaban J connectivity index is 4.54. The van der Waals surface area contributed by atoms with E-state index < -0.39 is 24.3 Å². The van der Waals surface area contributed by atoms with Crippen molar-refractivity contribution in [3.63, 3.8) is 0 Å². The molecule has 0 bridgehead atoms. The second-order valence-corrected chi connectivity index (χ2v) is 14.6. The lowest BCUT2D eigenvalue weighted by Gasteiger charge is -2.26. The van der Waals surface area contributed by atoms with E-state index in [9.17, 15) is 19.5 Å². The van der Waals surface area contributed by atoms with E-state index in [2.05, 4.69) is 38.2 Å². The van der Waals surface area contributed by atoms with Crippen molar-refractivity contribution in [2.24, 2.45) is 0 Å². The Morgan fingerprint density at radius 1 is 0.600 bits per heavy atom. The van der Waals surface area contributed by atoms with Crippen LogP contribution < -0.4 is 5.11 Å². The van der Waals surface area contributed by atoms with Crippen LogP contribution in [0.3, 0.4) is 0 Å². The van der Waals surface area contributed by atoms with Gasteiger partial charge in [-0.1, -0.05) is 134 Å². The van der Waals surface area contributed by atoms with Crippen LogP contribution in [-0.4, -0.2) is 82.3 Å². The number of allylic oxidation sites excluding steroid dienone is 4. The van der Waals surface area contributed by atoms with E-state index >= 15 is 0 Å². The van der Waals surface area contributed by atoms with Crippen LogP contribution in [0, 0.1) is 0 Å². The molecule has 0 aliphatic carbocycles. The lowest BCUT2D eigenvalue weighted by molar-refractivity contribution is -0.870. The molecule has 0 saturated carbocycles. The molecule has 9 nitrogen and oxygen atoms in total. The van der Waals surface area contributed by atoms with Crippen molar-refractivity contribution in [1.29, 1.82) is 0 Å². The summed E-state index contributed by atoms with van der Waals surface area (Å²) in [5.74, 6) is -2.30. The summed E-state index contributed by atoms with van der Waals surface area (Å²) in [6.45, 7) is 4.64.